The predicted octanol–water partition coefficient (Wildman–Crippen LogP) is 4.79. The molecular formula is C17H19BrFN. The standard InChI is InChI=1S/C17H19BrFN/c1-3-20-16(11-13-7-5-8-14(19)10-13)15-9-4-6-12(2)17(15)18/h4-10,16,20H,3,11H2,1-2H3. The van der Waals surface area contributed by atoms with Crippen LogP contribution in [0.5, 0.6) is 0 Å². The summed E-state index contributed by atoms with van der Waals surface area (Å²) < 4.78 is 14.4. The molecule has 3 heteroatoms. The normalized spacial score (nSPS) is 12.4. The highest BCUT2D eigenvalue weighted by molar-refractivity contribution is 9.10. The second-order valence-electron chi connectivity index (χ2n) is 4.92. The number of hydrogen-bond donors (Lipinski definition) is 1. The fraction of sp³-hybridized carbons (Fsp3) is 0.294. The lowest BCUT2D eigenvalue weighted by Crippen LogP contribution is -2.23. The van der Waals surface area contributed by atoms with Crippen LogP contribution in [-0.2, 0) is 6.42 Å². The van der Waals surface area contributed by atoms with Crippen molar-refractivity contribution in [1.82, 2.24) is 5.32 Å². The van der Waals surface area contributed by atoms with Gasteiger partial charge in [-0.1, -0.05) is 53.2 Å². The average Bonchev–Trinajstić information content (AvgIpc) is 2.42. The molecule has 0 saturated carbocycles. The Labute approximate surface area is 128 Å². The van der Waals surface area contributed by atoms with Gasteiger partial charge in [0.15, 0.2) is 0 Å². The van der Waals surface area contributed by atoms with Crippen molar-refractivity contribution in [2.75, 3.05) is 6.54 Å². The average molecular weight is 336 g/mol. The molecule has 0 fully saturated rings. The van der Waals surface area contributed by atoms with E-state index in [0.717, 1.165) is 23.0 Å². The molecule has 20 heavy (non-hydrogen) atoms. The summed E-state index contributed by atoms with van der Waals surface area (Å²) in [4.78, 5) is 0. The van der Waals surface area contributed by atoms with Crippen molar-refractivity contribution in [3.63, 3.8) is 0 Å². The smallest absolute Gasteiger partial charge is 0.123 e. The summed E-state index contributed by atoms with van der Waals surface area (Å²) in [6.45, 7) is 5.04. The van der Waals surface area contributed by atoms with Gasteiger partial charge in [-0.2, -0.15) is 0 Å². The summed E-state index contributed by atoms with van der Waals surface area (Å²) in [6.07, 6.45) is 0.771. The molecule has 0 radical (unpaired) electrons. The molecule has 0 spiro atoms. The number of aryl methyl sites for hydroxylation is 1. The fourth-order valence-corrected chi connectivity index (χ4v) is 2.92. The summed E-state index contributed by atoms with van der Waals surface area (Å²) in [6, 6.07) is 13.3. The van der Waals surface area contributed by atoms with Crippen LogP contribution in [0.2, 0.25) is 0 Å². The Hall–Kier alpha value is -1.19. The van der Waals surface area contributed by atoms with E-state index in [0.29, 0.717) is 0 Å². The van der Waals surface area contributed by atoms with E-state index in [4.69, 9.17) is 0 Å². The van der Waals surface area contributed by atoms with E-state index in [2.05, 4.69) is 53.3 Å². The molecule has 0 saturated heterocycles. The van der Waals surface area contributed by atoms with Gasteiger partial charge < -0.3 is 5.32 Å². The zero-order valence-electron chi connectivity index (χ0n) is 11.8. The summed E-state index contributed by atoms with van der Waals surface area (Å²) >= 11 is 3.66. The number of benzene rings is 2. The van der Waals surface area contributed by atoms with Crippen LogP contribution in [0, 0.1) is 12.7 Å². The van der Waals surface area contributed by atoms with Crippen LogP contribution in [0.3, 0.4) is 0 Å². The van der Waals surface area contributed by atoms with Crippen LogP contribution in [0.25, 0.3) is 0 Å². The Balaban J connectivity index is 2.29. The van der Waals surface area contributed by atoms with Crippen molar-refractivity contribution >= 4 is 15.9 Å². The first-order valence-electron chi connectivity index (χ1n) is 6.84. The largest absolute Gasteiger partial charge is 0.310 e. The first kappa shape index (κ1) is 15.2. The second-order valence-corrected chi connectivity index (χ2v) is 5.72. The SMILES string of the molecule is CCNC(Cc1cccc(F)c1)c1cccc(C)c1Br. The summed E-state index contributed by atoms with van der Waals surface area (Å²) in [5, 5.41) is 3.48. The molecular weight excluding hydrogens is 317 g/mol. The van der Waals surface area contributed by atoms with Crippen LogP contribution >= 0.6 is 15.9 Å². The highest BCUT2D eigenvalue weighted by atomic mass is 79.9. The first-order chi connectivity index (χ1) is 9.61. The van der Waals surface area contributed by atoms with Gasteiger partial charge in [0.2, 0.25) is 0 Å². The van der Waals surface area contributed by atoms with Gasteiger partial charge in [-0.15, -0.1) is 0 Å². The van der Waals surface area contributed by atoms with Crippen LogP contribution in [0.15, 0.2) is 46.9 Å². The van der Waals surface area contributed by atoms with E-state index in [1.165, 1.54) is 17.2 Å². The monoisotopic (exact) mass is 335 g/mol. The molecule has 2 aromatic carbocycles. The van der Waals surface area contributed by atoms with Gasteiger partial charge in [0.1, 0.15) is 5.82 Å². The van der Waals surface area contributed by atoms with E-state index in [1.54, 1.807) is 12.1 Å². The van der Waals surface area contributed by atoms with Gasteiger partial charge in [-0.05, 0) is 48.7 Å². The molecule has 0 aliphatic carbocycles. The third-order valence-electron chi connectivity index (χ3n) is 3.38. The number of hydrogen-bond acceptors (Lipinski definition) is 1. The quantitative estimate of drug-likeness (QED) is 0.828. The zero-order valence-corrected chi connectivity index (χ0v) is 13.4. The van der Waals surface area contributed by atoms with Crippen molar-refractivity contribution in [2.45, 2.75) is 26.3 Å². The van der Waals surface area contributed by atoms with Crippen molar-refractivity contribution in [3.8, 4) is 0 Å². The summed E-state index contributed by atoms with van der Waals surface area (Å²) in [5.74, 6) is -0.180. The van der Waals surface area contributed by atoms with Crippen LogP contribution in [0.4, 0.5) is 4.39 Å². The maximum Gasteiger partial charge on any atom is 0.123 e. The Bertz CT molecular complexity index is 583. The lowest BCUT2D eigenvalue weighted by molar-refractivity contribution is 0.544. The van der Waals surface area contributed by atoms with Crippen molar-refractivity contribution in [1.29, 1.82) is 0 Å². The molecule has 0 amide bonds. The predicted molar refractivity (Wildman–Crippen MR) is 85.4 cm³/mol. The van der Waals surface area contributed by atoms with Crippen LogP contribution in [-0.4, -0.2) is 6.54 Å². The molecule has 0 heterocycles. The van der Waals surface area contributed by atoms with E-state index in [1.807, 2.05) is 6.07 Å². The molecule has 1 unspecified atom stereocenters. The van der Waals surface area contributed by atoms with E-state index >= 15 is 0 Å². The molecule has 1 atom stereocenters. The minimum absolute atomic E-state index is 0.177. The van der Waals surface area contributed by atoms with E-state index in [9.17, 15) is 4.39 Å². The molecule has 0 aromatic heterocycles. The molecule has 0 aliphatic rings. The van der Waals surface area contributed by atoms with Gasteiger partial charge in [0.25, 0.3) is 0 Å². The lowest BCUT2D eigenvalue weighted by Gasteiger charge is -2.21. The molecule has 0 aliphatic heterocycles. The van der Waals surface area contributed by atoms with Crippen molar-refractivity contribution < 1.29 is 4.39 Å². The summed E-state index contributed by atoms with van der Waals surface area (Å²) in [7, 11) is 0. The Morgan fingerprint density at radius 2 is 1.95 bits per heavy atom. The Morgan fingerprint density at radius 1 is 1.20 bits per heavy atom. The molecule has 106 valence electrons. The van der Waals surface area contributed by atoms with Gasteiger partial charge >= 0.3 is 0 Å². The zero-order chi connectivity index (χ0) is 14.5. The number of halogens is 2. The van der Waals surface area contributed by atoms with Gasteiger partial charge in [-0.25, -0.2) is 4.39 Å². The Morgan fingerprint density at radius 3 is 2.65 bits per heavy atom. The molecule has 1 nitrogen and oxygen atoms in total. The van der Waals surface area contributed by atoms with Crippen LogP contribution < -0.4 is 5.32 Å². The molecule has 0 bridgehead atoms. The number of likely N-dealkylation sites (N-methyl/N-ethyl adjacent to an activating group) is 1. The van der Waals surface area contributed by atoms with Gasteiger partial charge in [0.05, 0.1) is 0 Å². The molecule has 1 N–H and O–H groups in total. The minimum atomic E-state index is -0.180. The lowest BCUT2D eigenvalue weighted by atomic mass is 9.97. The molecule has 2 rings (SSSR count). The fourth-order valence-electron chi connectivity index (χ4n) is 2.38. The maximum absolute atomic E-state index is 13.3. The first-order valence-corrected chi connectivity index (χ1v) is 7.64. The topological polar surface area (TPSA) is 12.0 Å². The van der Waals surface area contributed by atoms with Crippen molar-refractivity contribution in [2.24, 2.45) is 0 Å². The third-order valence-corrected chi connectivity index (χ3v) is 4.46. The summed E-state index contributed by atoms with van der Waals surface area (Å²) in [5.41, 5.74) is 3.44. The Kier molecular flexibility index (Phi) is 5.32. The van der Waals surface area contributed by atoms with Crippen LogP contribution in [0.1, 0.15) is 29.7 Å². The van der Waals surface area contributed by atoms with E-state index in [-0.39, 0.29) is 11.9 Å². The second kappa shape index (κ2) is 7.00. The number of rotatable bonds is 5. The van der Waals surface area contributed by atoms with Crippen molar-refractivity contribution in [3.05, 3.63) is 69.4 Å². The highest BCUT2D eigenvalue weighted by Gasteiger charge is 2.15. The minimum Gasteiger partial charge on any atom is -0.310 e. The highest BCUT2D eigenvalue weighted by Crippen LogP contribution is 2.28. The number of nitrogens with one attached hydrogen (secondary N) is 1. The third kappa shape index (κ3) is 3.68. The van der Waals surface area contributed by atoms with Gasteiger partial charge in [0, 0.05) is 10.5 Å². The maximum atomic E-state index is 13.3. The molecule has 2 aromatic rings. The van der Waals surface area contributed by atoms with E-state index < -0.39 is 0 Å². The van der Waals surface area contributed by atoms with Gasteiger partial charge in [-0.3, -0.25) is 0 Å².